The molecule has 0 aliphatic carbocycles. The molecule has 0 fully saturated rings. The number of halogens is 2. The Labute approximate surface area is 133 Å². The molecule has 2 aromatic carbocycles. The summed E-state index contributed by atoms with van der Waals surface area (Å²) in [5, 5.41) is 3.48. The SMILES string of the molecule is O=c1[nH]c2ccc(CNc3ncnc4cc(F)c(F)cc34)cc2[nH]1. The van der Waals surface area contributed by atoms with Crippen LogP contribution in [0.5, 0.6) is 0 Å². The van der Waals surface area contributed by atoms with Crippen molar-refractivity contribution < 1.29 is 8.78 Å². The van der Waals surface area contributed by atoms with Gasteiger partial charge in [0.2, 0.25) is 0 Å². The van der Waals surface area contributed by atoms with Crippen molar-refractivity contribution in [3.05, 3.63) is 64.3 Å². The number of nitrogens with one attached hydrogen (secondary N) is 3. The third kappa shape index (κ3) is 2.47. The van der Waals surface area contributed by atoms with Crippen molar-refractivity contribution in [1.82, 2.24) is 19.9 Å². The number of aromatic nitrogens is 4. The van der Waals surface area contributed by atoms with Crippen LogP contribution in [0.15, 0.2) is 41.5 Å². The highest BCUT2D eigenvalue weighted by Crippen LogP contribution is 2.23. The Morgan fingerprint density at radius 3 is 2.67 bits per heavy atom. The van der Waals surface area contributed by atoms with E-state index in [1.165, 1.54) is 6.33 Å². The van der Waals surface area contributed by atoms with E-state index in [9.17, 15) is 13.6 Å². The van der Waals surface area contributed by atoms with Gasteiger partial charge in [-0.1, -0.05) is 6.07 Å². The van der Waals surface area contributed by atoms with Gasteiger partial charge in [0.25, 0.3) is 0 Å². The summed E-state index contributed by atoms with van der Waals surface area (Å²) in [5.41, 5.74) is 2.35. The molecule has 0 amide bonds. The van der Waals surface area contributed by atoms with Gasteiger partial charge in [0.1, 0.15) is 12.1 Å². The number of benzene rings is 2. The minimum Gasteiger partial charge on any atom is -0.365 e. The molecule has 0 aliphatic heterocycles. The lowest BCUT2D eigenvalue weighted by Gasteiger charge is -2.09. The molecule has 0 bridgehead atoms. The molecule has 6 nitrogen and oxygen atoms in total. The van der Waals surface area contributed by atoms with Crippen LogP contribution < -0.4 is 11.0 Å². The summed E-state index contributed by atoms with van der Waals surface area (Å²) in [5.74, 6) is -1.50. The monoisotopic (exact) mass is 327 g/mol. The zero-order valence-corrected chi connectivity index (χ0v) is 12.2. The van der Waals surface area contributed by atoms with Gasteiger partial charge < -0.3 is 15.3 Å². The second-order valence-electron chi connectivity index (χ2n) is 5.32. The van der Waals surface area contributed by atoms with Gasteiger partial charge in [-0.05, 0) is 23.8 Å². The molecule has 0 spiro atoms. The van der Waals surface area contributed by atoms with E-state index in [1.54, 1.807) is 6.07 Å². The molecule has 0 unspecified atom stereocenters. The van der Waals surface area contributed by atoms with E-state index >= 15 is 0 Å². The molecule has 24 heavy (non-hydrogen) atoms. The van der Waals surface area contributed by atoms with Gasteiger partial charge in [0.15, 0.2) is 11.6 Å². The molecule has 2 aromatic heterocycles. The van der Waals surface area contributed by atoms with Crippen LogP contribution in [0.2, 0.25) is 0 Å². The minimum absolute atomic E-state index is 0.269. The summed E-state index contributed by atoms with van der Waals surface area (Å²) in [6.45, 7) is 0.397. The quantitative estimate of drug-likeness (QED) is 0.540. The number of imidazole rings is 1. The number of aromatic amines is 2. The number of anilines is 1. The number of rotatable bonds is 3. The van der Waals surface area contributed by atoms with E-state index < -0.39 is 11.6 Å². The third-order valence-electron chi connectivity index (χ3n) is 3.72. The van der Waals surface area contributed by atoms with Crippen LogP contribution in [-0.4, -0.2) is 19.9 Å². The van der Waals surface area contributed by atoms with E-state index in [1.807, 2.05) is 12.1 Å². The zero-order chi connectivity index (χ0) is 16.7. The second-order valence-corrected chi connectivity index (χ2v) is 5.32. The van der Waals surface area contributed by atoms with Gasteiger partial charge in [-0.2, -0.15) is 0 Å². The molecule has 0 saturated heterocycles. The molecule has 4 rings (SSSR count). The van der Waals surface area contributed by atoms with Gasteiger partial charge >= 0.3 is 5.69 Å². The fourth-order valence-corrected chi connectivity index (χ4v) is 2.57. The number of H-pyrrole nitrogens is 2. The summed E-state index contributed by atoms with van der Waals surface area (Å²) in [4.78, 5) is 24.7. The largest absolute Gasteiger partial charge is 0.365 e. The standard InChI is InChI=1S/C16H11F2N5O/c17-10-4-9-13(5-11(10)18)20-7-21-15(9)19-6-8-1-2-12-14(3-8)23-16(24)22-12/h1-5,7H,6H2,(H,19,20,21)(H2,22,23,24). The summed E-state index contributed by atoms with van der Waals surface area (Å²) in [7, 11) is 0. The summed E-state index contributed by atoms with van der Waals surface area (Å²) in [6.07, 6.45) is 1.29. The molecule has 3 N–H and O–H groups in total. The van der Waals surface area contributed by atoms with Crippen molar-refractivity contribution in [1.29, 1.82) is 0 Å². The van der Waals surface area contributed by atoms with Crippen molar-refractivity contribution in [3.63, 3.8) is 0 Å². The van der Waals surface area contributed by atoms with Crippen LogP contribution in [-0.2, 0) is 6.54 Å². The predicted octanol–water partition coefficient (Wildman–Crippen LogP) is 2.69. The van der Waals surface area contributed by atoms with Crippen LogP contribution in [0.1, 0.15) is 5.56 Å². The average Bonchev–Trinajstić information content (AvgIpc) is 2.93. The van der Waals surface area contributed by atoms with Gasteiger partial charge in [-0.15, -0.1) is 0 Å². The maximum Gasteiger partial charge on any atom is 0.323 e. The Morgan fingerprint density at radius 2 is 1.79 bits per heavy atom. The minimum atomic E-state index is -0.952. The van der Waals surface area contributed by atoms with Crippen LogP contribution in [0.25, 0.3) is 21.9 Å². The maximum atomic E-state index is 13.5. The van der Waals surface area contributed by atoms with Crippen LogP contribution >= 0.6 is 0 Å². The van der Waals surface area contributed by atoms with Gasteiger partial charge in [-0.25, -0.2) is 23.5 Å². The highest BCUT2D eigenvalue weighted by Gasteiger charge is 2.09. The van der Waals surface area contributed by atoms with Crippen molar-refractivity contribution in [2.45, 2.75) is 6.54 Å². The molecule has 0 saturated carbocycles. The van der Waals surface area contributed by atoms with Crippen molar-refractivity contribution in [2.75, 3.05) is 5.32 Å². The number of hydrogen-bond donors (Lipinski definition) is 3. The molecule has 0 atom stereocenters. The number of nitrogens with zero attached hydrogens (tertiary/aromatic N) is 2. The summed E-state index contributed by atoms with van der Waals surface area (Å²) >= 11 is 0. The van der Waals surface area contributed by atoms with Crippen LogP contribution in [0, 0.1) is 11.6 Å². The topological polar surface area (TPSA) is 86.5 Å². The van der Waals surface area contributed by atoms with Crippen molar-refractivity contribution >= 4 is 27.8 Å². The Hall–Kier alpha value is -3.29. The van der Waals surface area contributed by atoms with E-state index in [4.69, 9.17) is 0 Å². The normalized spacial score (nSPS) is 11.2. The maximum absolute atomic E-state index is 13.5. The lowest BCUT2D eigenvalue weighted by molar-refractivity contribution is 0.510. The van der Waals surface area contributed by atoms with Gasteiger partial charge in [0, 0.05) is 18.0 Å². The molecule has 120 valence electrons. The first kappa shape index (κ1) is 14.3. The Balaban J connectivity index is 1.66. The van der Waals surface area contributed by atoms with Crippen LogP contribution in [0.3, 0.4) is 0 Å². The average molecular weight is 327 g/mol. The van der Waals surface area contributed by atoms with Crippen LogP contribution in [0.4, 0.5) is 14.6 Å². The lowest BCUT2D eigenvalue weighted by atomic mass is 10.2. The smallest absolute Gasteiger partial charge is 0.323 e. The Kier molecular flexibility index (Phi) is 3.23. The van der Waals surface area contributed by atoms with E-state index in [0.29, 0.717) is 34.3 Å². The van der Waals surface area contributed by atoms with E-state index in [0.717, 1.165) is 17.7 Å². The zero-order valence-electron chi connectivity index (χ0n) is 12.2. The predicted molar refractivity (Wildman–Crippen MR) is 85.7 cm³/mol. The lowest BCUT2D eigenvalue weighted by Crippen LogP contribution is -2.03. The first-order chi connectivity index (χ1) is 11.6. The highest BCUT2D eigenvalue weighted by molar-refractivity contribution is 5.88. The molecule has 0 aliphatic rings. The highest BCUT2D eigenvalue weighted by atomic mass is 19.2. The fraction of sp³-hybridized carbons (Fsp3) is 0.0625. The van der Waals surface area contributed by atoms with Crippen molar-refractivity contribution in [2.24, 2.45) is 0 Å². The molecule has 0 radical (unpaired) electrons. The summed E-state index contributed by atoms with van der Waals surface area (Å²) in [6, 6.07) is 7.57. The fourth-order valence-electron chi connectivity index (χ4n) is 2.57. The van der Waals surface area contributed by atoms with Gasteiger partial charge in [0.05, 0.1) is 16.6 Å². The van der Waals surface area contributed by atoms with Gasteiger partial charge in [-0.3, -0.25) is 0 Å². The Morgan fingerprint density at radius 1 is 1.00 bits per heavy atom. The number of hydrogen-bond acceptors (Lipinski definition) is 4. The second kappa shape index (κ2) is 5.41. The first-order valence-electron chi connectivity index (χ1n) is 7.15. The van der Waals surface area contributed by atoms with Crippen molar-refractivity contribution in [3.8, 4) is 0 Å². The van der Waals surface area contributed by atoms with E-state index in [-0.39, 0.29) is 5.69 Å². The van der Waals surface area contributed by atoms with E-state index in [2.05, 4.69) is 25.3 Å². The third-order valence-corrected chi connectivity index (χ3v) is 3.72. The molecular formula is C16H11F2N5O. The Bertz CT molecular complexity index is 1120. The molecule has 4 aromatic rings. The first-order valence-corrected chi connectivity index (χ1v) is 7.15. The molecular weight excluding hydrogens is 316 g/mol. The molecule has 8 heteroatoms. The molecule has 2 heterocycles. The number of fused-ring (bicyclic) bond motifs is 2. The summed E-state index contributed by atoms with van der Waals surface area (Å²) < 4.78 is 26.8.